The van der Waals surface area contributed by atoms with Crippen molar-refractivity contribution in [1.82, 2.24) is 4.90 Å². The Bertz CT molecular complexity index is 629. The summed E-state index contributed by atoms with van der Waals surface area (Å²) in [6.07, 6.45) is 7.22. The maximum absolute atomic E-state index is 14.1. The zero-order chi connectivity index (χ0) is 16.7. The summed E-state index contributed by atoms with van der Waals surface area (Å²) in [5.74, 6) is 0.0945. The van der Waals surface area contributed by atoms with Gasteiger partial charge in [0.25, 0.3) is 0 Å². The first kappa shape index (κ1) is 15.7. The predicted octanol–water partition coefficient (Wildman–Crippen LogP) is 2.99. The molecule has 4 rings (SSSR count). The SMILES string of the molecule is NC(=O)Oc1ccc(F)c2c1CC(N(C1CCC1)C1CCC1)CO2. The minimum Gasteiger partial charge on any atom is -0.488 e. The highest BCUT2D eigenvalue weighted by atomic mass is 19.1. The smallest absolute Gasteiger partial charge is 0.409 e. The summed E-state index contributed by atoms with van der Waals surface area (Å²) >= 11 is 0. The number of benzene rings is 1. The molecule has 1 heterocycles. The van der Waals surface area contributed by atoms with E-state index in [2.05, 4.69) is 4.90 Å². The minimum absolute atomic E-state index is 0.199. The van der Waals surface area contributed by atoms with Crippen LogP contribution in [-0.4, -0.2) is 35.7 Å². The lowest BCUT2D eigenvalue weighted by Gasteiger charge is -2.50. The molecule has 2 saturated carbocycles. The minimum atomic E-state index is -0.888. The summed E-state index contributed by atoms with van der Waals surface area (Å²) in [6, 6.07) is 4.14. The summed E-state index contributed by atoms with van der Waals surface area (Å²) in [4.78, 5) is 13.7. The molecule has 1 amide bonds. The Kier molecular flexibility index (Phi) is 4.08. The number of amides is 1. The Morgan fingerprint density at radius 1 is 1.17 bits per heavy atom. The van der Waals surface area contributed by atoms with E-state index >= 15 is 0 Å². The Morgan fingerprint density at radius 2 is 1.83 bits per heavy atom. The number of nitrogens with zero attached hydrogens (tertiary/aromatic N) is 1. The molecule has 5 nitrogen and oxygen atoms in total. The van der Waals surface area contributed by atoms with Gasteiger partial charge >= 0.3 is 6.09 Å². The second-order valence-electron chi connectivity index (χ2n) is 7.06. The molecule has 0 spiro atoms. The van der Waals surface area contributed by atoms with E-state index in [1.165, 1.54) is 50.7 Å². The molecule has 1 unspecified atom stereocenters. The molecule has 1 aromatic rings. The number of halogens is 1. The number of nitrogens with two attached hydrogens (primary N) is 1. The largest absolute Gasteiger partial charge is 0.488 e. The standard InChI is InChI=1S/C18H23FN2O3/c19-15-7-8-16(24-18(20)22)14-9-13(10-23-17(14)15)21(11-3-1-4-11)12-5-2-6-12/h7-8,11-13H,1-6,9-10H2,(H2,20,22). The topological polar surface area (TPSA) is 64.8 Å². The Labute approximate surface area is 140 Å². The van der Waals surface area contributed by atoms with E-state index in [4.69, 9.17) is 15.2 Å². The van der Waals surface area contributed by atoms with Crippen LogP contribution in [0.2, 0.25) is 0 Å². The van der Waals surface area contributed by atoms with Gasteiger partial charge in [-0.2, -0.15) is 0 Å². The second kappa shape index (κ2) is 6.24. The molecule has 0 radical (unpaired) electrons. The van der Waals surface area contributed by atoms with Gasteiger partial charge in [0.05, 0.1) is 0 Å². The fourth-order valence-corrected chi connectivity index (χ4v) is 4.06. The summed E-state index contributed by atoms with van der Waals surface area (Å²) < 4.78 is 24.9. The molecule has 1 aromatic carbocycles. The molecule has 2 fully saturated rings. The van der Waals surface area contributed by atoms with Crippen LogP contribution < -0.4 is 15.2 Å². The zero-order valence-electron chi connectivity index (χ0n) is 13.7. The van der Waals surface area contributed by atoms with Crippen LogP contribution in [0.15, 0.2) is 12.1 Å². The number of carbonyl (C=O) groups is 1. The number of fused-ring (bicyclic) bond motifs is 1. The van der Waals surface area contributed by atoms with Crippen molar-refractivity contribution in [1.29, 1.82) is 0 Å². The molecule has 3 aliphatic rings. The molecule has 0 bridgehead atoms. The van der Waals surface area contributed by atoms with Gasteiger partial charge in [-0.25, -0.2) is 9.18 Å². The molecular formula is C18H23FN2O3. The average molecular weight is 334 g/mol. The van der Waals surface area contributed by atoms with Crippen molar-refractivity contribution in [2.45, 2.75) is 63.1 Å². The number of ether oxygens (including phenoxy) is 2. The van der Waals surface area contributed by atoms with Crippen molar-refractivity contribution in [3.63, 3.8) is 0 Å². The number of primary amides is 1. The third kappa shape index (κ3) is 2.73. The van der Waals surface area contributed by atoms with Crippen LogP contribution in [0.1, 0.15) is 44.1 Å². The number of hydrogen-bond donors (Lipinski definition) is 1. The first-order valence-electron chi connectivity index (χ1n) is 8.82. The Balaban J connectivity index is 1.61. The molecule has 0 aromatic heterocycles. The highest BCUT2D eigenvalue weighted by Crippen LogP contribution is 2.41. The molecule has 130 valence electrons. The van der Waals surface area contributed by atoms with Crippen LogP contribution in [0.25, 0.3) is 0 Å². The summed E-state index contributed by atoms with van der Waals surface area (Å²) in [7, 11) is 0. The van der Waals surface area contributed by atoms with Gasteiger partial charge in [0.15, 0.2) is 11.6 Å². The predicted molar refractivity (Wildman–Crippen MR) is 86.7 cm³/mol. The van der Waals surface area contributed by atoms with Crippen molar-refractivity contribution in [2.75, 3.05) is 6.61 Å². The number of rotatable bonds is 4. The van der Waals surface area contributed by atoms with Crippen molar-refractivity contribution in [3.8, 4) is 11.5 Å². The number of carbonyl (C=O) groups excluding carboxylic acids is 1. The molecule has 6 heteroatoms. The molecule has 1 aliphatic heterocycles. The molecule has 1 atom stereocenters. The fourth-order valence-electron chi connectivity index (χ4n) is 4.06. The second-order valence-corrected chi connectivity index (χ2v) is 7.06. The lowest BCUT2D eigenvalue weighted by atomic mass is 9.82. The van der Waals surface area contributed by atoms with Crippen LogP contribution in [0.4, 0.5) is 9.18 Å². The number of hydrogen-bond acceptors (Lipinski definition) is 4. The van der Waals surface area contributed by atoms with E-state index in [1.54, 1.807) is 0 Å². The summed E-state index contributed by atoms with van der Waals surface area (Å²) in [5, 5.41) is 0. The van der Waals surface area contributed by atoms with E-state index in [0.717, 1.165) is 0 Å². The van der Waals surface area contributed by atoms with Crippen molar-refractivity contribution in [3.05, 3.63) is 23.5 Å². The highest BCUT2D eigenvalue weighted by Gasteiger charge is 2.40. The molecular weight excluding hydrogens is 311 g/mol. The van der Waals surface area contributed by atoms with Gasteiger partial charge < -0.3 is 15.2 Å². The van der Waals surface area contributed by atoms with E-state index < -0.39 is 11.9 Å². The Morgan fingerprint density at radius 3 is 2.38 bits per heavy atom. The van der Waals surface area contributed by atoms with Crippen LogP contribution in [0, 0.1) is 5.82 Å². The van der Waals surface area contributed by atoms with Crippen LogP contribution in [0.5, 0.6) is 11.5 Å². The fraction of sp³-hybridized carbons (Fsp3) is 0.611. The van der Waals surface area contributed by atoms with Gasteiger partial charge in [0.2, 0.25) is 0 Å². The Hall–Kier alpha value is -1.82. The van der Waals surface area contributed by atoms with Crippen LogP contribution in [-0.2, 0) is 6.42 Å². The van der Waals surface area contributed by atoms with Gasteiger partial charge in [-0.3, -0.25) is 4.90 Å². The third-order valence-electron chi connectivity index (χ3n) is 5.65. The summed E-state index contributed by atoms with van der Waals surface area (Å²) in [6.45, 7) is 0.483. The van der Waals surface area contributed by atoms with Crippen molar-refractivity contribution >= 4 is 6.09 Å². The van der Waals surface area contributed by atoms with E-state index in [0.29, 0.717) is 36.4 Å². The lowest BCUT2D eigenvalue weighted by Crippen LogP contribution is -2.57. The van der Waals surface area contributed by atoms with Crippen LogP contribution in [0.3, 0.4) is 0 Å². The first-order valence-corrected chi connectivity index (χ1v) is 8.82. The average Bonchev–Trinajstić information content (AvgIpc) is 2.45. The van der Waals surface area contributed by atoms with Crippen molar-refractivity contribution < 1.29 is 18.7 Å². The maximum atomic E-state index is 14.1. The monoisotopic (exact) mass is 334 g/mol. The van der Waals surface area contributed by atoms with E-state index in [-0.39, 0.29) is 11.8 Å². The third-order valence-corrected chi connectivity index (χ3v) is 5.65. The first-order chi connectivity index (χ1) is 11.6. The van der Waals surface area contributed by atoms with Crippen molar-refractivity contribution in [2.24, 2.45) is 5.73 Å². The van der Waals surface area contributed by atoms with Gasteiger partial charge in [-0.05, 0) is 44.2 Å². The lowest BCUT2D eigenvalue weighted by molar-refractivity contribution is -0.0195. The van der Waals surface area contributed by atoms with Gasteiger partial charge in [-0.1, -0.05) is 12.8 Å². The van der Waals surface area contributed by atoms with E-state index in [9.17, 15) is 9.18 Å². The normalized spacial score (nSPS) is 23.8. The van der Waals surface area contributed by atoms with E-state index in [1.807, 2.05) is 0 Å². The van der Waals surface area contributed by atoms with Gasteiger partial charge in [-0.15, -0.1) is 0 Å². The van der Waals surface area contributed by atoms with Crippen LogP contribution >= 0.6 is 0 Å². The maximum Gasteiger partial charge on any atom is 0.409 e. The van der Waals surface area contributed by atoms with Gasteiger partial charge in [0.1, 0.15) is 12.4 Å². The summed E-state index contributed by atoms with van der Waals surface area (Å²) in [5.41, 5.74) is 5.76. The zero-order valence-corrected chi connectivity index (χ0v) is 13.7. The molecule has 0 saturated heterocycles. The molecule has 24 heavy (non-hydrogen) atoms. The molecule has 2 aliphatic carbocycles. The quantitative estimate of drug-likeness (QED) is 0.919. The molecule has 2 N–H and O–H groups in total. The highest BCUT2D eigenvalue weighted by molar-refractivity contribution is 5.69. The van der Waals surface area contributed by atoms with Gasteiger partial charge in [0, 0.05) is 23.7 Å².